The largest absolute Gasteiger partial charge is 0.310 e. The van der Waals surface area contributed by atoms with Gasteiger partial charge in [-0.15, -0.1) is 0 Å². The van der Waals surface area contributed by atoms with Gasteiger partial charge in [-0.05, 0) is 36.5 Å². The van der Waals surface area contributed by atoms with Crippen molar-refractivity contribution in [3.8, 4) is 5.69 Å². The van der Waals surface area contributed by atoms with Gasteiger partial charge in [0, 0.05) is 16.3 Å². The van der Waals surface area contributed by atoms with Crippen LogP contribution in [-0.4, -0.2) is 4.57 Å². The number of nitrogens with zero attached hydrogens (tertiary/aromatic N) is 1. The second-order valence-corrected chi connectivity index (χ2v) is 5.88. The van der Waals surface area contributed by atoms with Crippen molar-refractivity contribution in [3.63, 3.8) is 0 Å². The van der Waals surface area contributed by atoms with Gasteiger partial charge in [-0.1, -0.05) is 62.4 Å². The van der Waals surface area contributed by atoms with E-state index in [9.17, 15) is 0 Å². The predicted octanol–water partition coefficient (Wildman–Crippen LogP) is 3.87. The van der Waals surface area contributed by atoms with Crippen LogP contribution in [0.2, 0.25) is 0 Å². The molecule has 2 unspecified atom stereocenters. The molecule has 0 aliphatic heterocycles. The molecule has 1 aromatic heterocycles. The van der Waals surface area contributed by atoms with Gasteiger partial charge in [0.2, 0.25) is 0 Å². The summed E-state index contributed by atoms with van der Waals surface area (Å²) in [4.78, 5) is 0. The molecule has 3 aromatic rings. The van der Waals surface area contributed by atoms with Gasteiger partial charge in [-0.2, -0.15) is 0 Å². The van der Waals surface area contributed by atoms with Crippen molar-refractivity contribution in [1.82, 2.24) is 4.57 Å². The Kier molecular flexibility index (Phi) is 3.15. The Balaban J connectivity index is 0.000000602. The Morgan fingerprint density at radius 1 is 0.818 bits per heavy atom. The van der Waals surface area contributed by atoms with Gasteiger partial charge in [0.25, 0.3) is 0 Å². The molecule has 1 heteroatoms. The second kappa shape index (κ2) is 5.17. The van der Waals surface area contributed by atoms with Crippen molar-refractivity contribution in [2.45, 2.75) is 20.3 Å². The van der Waals surface area contributed by atoms with Crippen LogP contribution in [-0.2, 0) is 0 Å². The Hall–Kier alpha value is -2.28. The molecule has 5 rings (SSSR count). The van der Waals surface area contributed by atoms with Crippen LogP contribution in [0.4, 0.5) is 0 Å². The average molecular weight is 287 g/mol. The summed E-state index contributed by atoms with van der Waals surface area (Å²) < 4.78 is 2.41. The average Bonchev–Trinajstić information content (AvgIpc) is 3.29. The topological polar surface area (TPSA) is 4.93 Å². The Morgan fingerprint density at radius 2 is 1.50 bits per heavy atom. The second-order valence-electron chi connectivity index (χ2n) is 5.88. The van der Waals surface area contributed by atoms with Gasteiger partial charge in [-0.3, -0.25) is 0 Å². The molecule has 0 spiro atoms. The number of fused-ring (bicyclic) bond motifs is 4. The van der Waals surface area contributed by atoms with Crippen molar-refractivity contribution in [2.24, 2.45) is 11.8 Å². The normalized spacial score (nSPS) is 20.8. The van der Waals surface area contributed by atoms with Crippen molar-refractivity contribution in [3.05, 3.63) is 65.2 Å². The van der Waals surface area contributed by atoms with Crippen LogP contribution in [0.3, 0.4) is 0 Å². The molecule has 1 fully saturated rings. The number of hydrogen-bond acceptors (Lipinski definition) is 0. The van der Waals surface area contributed by atoms with Gasteiger partial charge in [0.05, 0.1) is 10.9 Å². The molecule has 0 saturated heterocycles. The highest BCUT2D eigenvalue weighted by molar-refractivity contribution is 5.85. The van der Waals surface area contributed by atoms with E-state index in [4.69, 9.17) is 0 Å². The molecular weight excluding hydrogens is 266 g/mol. The van der Waals surface area contributed by atoms with E-state index in [2.05, 4.69) is 71.3 Å². The lowest BCUT2D eigenvalue weighted by Gasteiger charge is -2.06. The number of para-hydroxylation sites is 2. The molecular formula is C21H21N. The summed E-state index contributed by atoms with van der Waals surface area (Å²) in [5.41, 5.74) is 2.58. The summed E-state index contributed by atoms with van der Waals surface area (Å²) in [6, 6.07) is 19.5. The quantitative estimate of drug-likeness (QED) is 0.640. The molecule has 1 saturated carbocycles. The van der Waals surface area contributed by atoms with E-state index in [1.807, 2.05) is 13.8 Å². The monoisotopic (exact) mass is 287 g/mol. The molecule has 2 aliphatic rings. The molecule has 110 valence electrons. The van der Waals surface area contributed by atoms with E-state index in [0.29, 0.717) is 0 Å². The van der Waals surface area contributed by atoms with Gasteiger partial charge >= 0.3 is 0 Å². The molecule has 1 heterocycles. The Morgan fingerprint density at radius 3 is 2.32 bits per heavy atom. The maximum atomic E-state index is 2.49. The highest BCUT2D eigenvalue weighted by Crippen LogP contribution is 2.42. The number of benzene rings is 2. The standard InChI is InChI=1S/C19H15N.C2H6/c1-2-6-15(7-3-1)20-18-9-5-4-8-16(18)17-11-13-10-14(13)12-19(17)20;1-2/h1-9,11-14H,10H2;1-2H3. The summed E-state index contributed by atoms with van der Waals surface area (Å²) >= 11 is 0. The van der Waals surface area contributed by atoms with E-state index in [1.54, 1.807) is 0 Å². The molecule has 2 aromatic carbocycles. The molecule has 0 radical (unpaired) electrons. The third-order valence-corrected chi connectivity index (χ3v) is 4.61. The third kappa shape index (κ3) is 1.93. The first kappa shape index (κ1) is 13.4. The summed E-state index contributed by atoms with van der Waals surface area (Å²) in [6.07, 6.45) is 6.30. The smallest absolute Gasteiger partial charge is 0.0540 e. The lowest BCUT2D eigenvalue weighted by Crippen LogP contribution is -2.30. The number of rotatable bonds is 1. The van der Waals surface area contributed by atoms with Gasteiger partial charge < -0.3 is 4.57 Å². The van der Waals surface area contributed by atoms with E-state index in [0.717, 1.165) is 11.8 Å². The summed E-state index contributed by atoms with van der Waals surface area (Å²) in [5, 5.41) is 4.20. The SMILES string of the molecule is C1=c2c(n(-c3ccccc3)c3ccccc23)=CC2CC12.CC. The number of hydrogen-bond donors (Lipinski definition) is 0. The molecule has 22 heavy (non-hydrogen) atoms. The number of aromatic nitrogens is 1. The van der Waals surface area contributed by atoms with Gasteiger partial charge in [0.1, 0.15) is 0 Å². The summed E-state index contributed by atoms with van der Waals surface area (Å²) in [5.74, 6) is 1.56. The minimum Gasteiger partial charge on any atom is -0.310 e. The lowest BCUT2D eigenvalue weighted by molar-refractivity contribution is 1.00. The minimum atomic E-state index is 0.772. The third-order valence-electron chi connectivity index (χ3n) is 4.61. The molecule has 2 atom stereocenters. The highest BCUT2D eigenvalue weighted by Gasteiger charge is 2.35. The Bertz CT molecular complexity index is 931. The highest BCUT2D eigenvalue weighted by atomic mass is 15.0. The van der Waals surface area contributed by atoms with Crippen LogP contribution >= 0.6 is 0 Å². The zero-order valence-electron chi connectivity index (χ0n) is 13.2. The fourth-order valence-electron chi connectivity index (χ4n) is 3.52. The Labute approximate surface area is 131 Å². The van der Waals surface area contributed by atoms with Gasteiger partial charge in [-0.25, -0.2) is 0 Å². The van der Waals surface area contributed by atoms with E-state index in [-0.39, 0.29) is 0 Å². The molecule has 1 nitrogen and oxygen atoms in total. The lowest BCUT2D eigenvalue weighted by atomic mass is 10.1. The van der Waals surface area contributed by atoms with Crippen LogP contribution in [0.1, 0.15) is 20.3 Å². The zero-order valence-corrected chi connectivity index (χ0v) is 13.2. The maximum Gasteiger partial charge on any atom is 0.0540 e. The fourth-order valence-corrected chi connectivity index (χ4v) is 3.52. The molecule has 0 amide bonds. The van der Waals surface area contributed by atoms with Crippen molar-refractivity contribution in [1.29, 1.82) is 0 Å². The van der Waals surface area contributed by atoms with Crippen LogP contribution in [0.15, 0.2) is 54.6 Å². The van der Waals surface area contributed by atoms with Crippen LogP contribution in [0.25, 0.3) is 28.7 Å². The van der Waals surface area contributed by atoms with Crippen LogP contribution < -0.4 is 10.6 Å². The molecule has 0 bridgehead atoms. The first-order valence-corrected chi connectivity index (χ1v) is 8.30. The van der Waals surface area contributed by atoms with E-state index >= 15 is 0 Å². The first-order valence-electron chi connectivity index (χ1n) is 8.30. The summed E-state index contributed by atoms with van der Waals surface area (Å²) in [7, 11) is 0. The fraction of sp³-hybridized carbons (Fsp3) is 0.238. The van der Waals surface area contributed by atoms with Crippen molar-refractivity contribution >= 4 is 23.1 Å². The van der Waals surface area contributed by atoms with E-state index in [1.165, 1.54) is 33.6 Å². The van der Waals surface area contributed by atoms with Crippen LogP contribution in [0.5, 0.6) is 0 Å². The maximum absolute atomic E-state index is 2.49. The van der Waals surface area contributed by atoms with Crippen molar-refractivity contribution < 1.29 is 0 Å². The van der Waals surface area contributed by atoms with Crippen LogP contribution in [0, 0.1) is 11.8 Å². The van der Waals surface area contributed by atoms with Gasteiger partial charge in [0.15, 0.2) is 0 Å². The van der Waals surface area contributed by atoms with E-state index < -0.39 is 0 Å². The summed E-state index contributed by atoms with van der Waals surface area (Å²) in [6.45, 7) is 4.00. The molecule has 2 aliphatic carbocycles. The minimum absolute atomic E-state index is 0.772. The first-order chi connectivity index (χ1) is 10.9. The molecule has 0 N–H and O–H groups in total. The van der Waals surface area contributed by atoms with Crippen molar-refractivity contribution in [2.75, 3.05) is 0 Å². The zero-order chi connectivity index (χ0) is 15.1. The predicted molar refractivity (Wildman–Crippen MR) is 94.4 cm³/mol.